The zero-order valence-corrected chi connectivity index (χ0v) is 19.9. The number of esters is 2. The number of fused-ring (bicyclic) bond motifs is 3. The Labute approximate surface area is 185 Å². The van der Waals surface area contributed by atoms with Gasteiger partial charge in [0.1, 0.15) is 12.2 Å². The van der Waals surface area contributed by atoms with E-state index in [-0.39, 0.29) is 45.6 Å². The van der Waals surface area contributed by atoms with Gasteiger partial charge in [-0.3, -0.25) is 9.59 Å². The average Bonchev–Trinajstić information content (AvgIpc) is 2.79. The summed E-state index contributed by atoms with van der Waals surface area (Å²) in [6, 6.07) is 0. The standard InChI is InChI=1S/C24H37ClO5/c1-13(26)29-18-8-9-21(3,4)15-7-10-24-12-22(5,20(19(24)28)30-14(2)27)17(25)11-16(24)23(15,18)6/h15-20,28H,7-12H2,1-6H3/t15-,16+,17-,18+,19-,20-,22-,23-,24+/m1/s1. The zero-order chi connectivity index (χ0) is 22.3. The Balaban J connectivity index is 1.82. The maximum atomic E-state index is 12.0. The Morgan fingerprint density at radius 3 is 2.20 bits per heavy atom. The van der Waals surface area contributed by atoms with Gasteiger partial charge in [0, 0.05) is 35.5 Å². The topological polar surface area (TPSA) is 72.8 Å². The molecule has 0 saturated heterocycles. The summed E-state index contributed by atoms with van der Waals surface area (Å²) < 4.78 is 11.6. The molecular formula is C24H37ClO5. The summed E-state index contributed by atoms with van der Waals surface area (Å²) in [4.78, 5) is 23.9. The van der Waals surface area contributed by atoms with E-state index in [1.807, 2.05) is 0 Å². The molecule has 4 rings (SSSR count). The van der Waals surface area contributed by atoms with Gasteiger partial charge in [-0.2, -0.15) is 0 Å². The van der Waals surface area contributed by atoms with Crippen LogP contribution in [0.25, 0.3) is 0 Å². The lowest BCUT2D eigenvalue weighted by atomic mass is 9.39. The summed E-state index contributed by atoms with van der Waals surface area (Å²) in [5.41, 5.74) is -0.953. The average molecular weight is 441 g/mol. The summed E-state index contributed by atoms with van der Waals surface area (Å²) in [5, 5.41) is 11.4. The van der Waals surface area contributed by atoms with Crippen molar-refractivity contribution in [2.24, 2.45) is 33.5 Å². The highest BCUT2D eigenvalue weighted by Crippen LogP contribution is 2.74. The van der Waals surface area contributed by atoms with Crippen LogP contribution < -0.4 is 0 Å². The van der Waals surface area contributed by atoms with Crippen molar-refractivity contribution >= 4 is 23.5 Å². The minimum absolute atomic E-state index is 0.110. The third-order valence-electron chi connectivity index (χ3n) is 9.78. The minimum Gasteiger partial charge on any atom is -0.462 e. The molecule has 5 nitrogen and oxygen atoms in total. The van der Waals surface area contributed by atoms with Crippen molar-refractivity contribution < 1.29 is 24.2 Å². The number of hydrogen-bond donors (Lipinski definition) is 1. The van der Waals surface area contributed by atoms with Gasteiger partial charge in [-0.25, -0.2) is 0 Å². The first-order valence-corrected chi connectivity index (χ1v) is 11.9. The van der Waals surface area contributed by atoms with Gasteiger partial charge >= 0.3 is 11.9 Å². The number of halogens is 1. The van der Waals surface area contributed by atoms with Gasteiger partial charge in [-0.05, 0) is 55.8 Å². The number of aliphatic hydroxyl groups is 1. The van der Waals surface area contributed by atoms with Crippen molar-refractivity contribution in [2.45, 2.75) is 104 Å². The SMILES string of the molecule is CC(=O)O[C@@H]1[C@@H](O)[C@]23CC[C@@H]4C(C)(C)CC[C@H](OC(C)=O)[C@@]4(C)[C@@H]2C[C@@H](Cl)[C@@]1(C)C3. The lowest BCUT2D eigenvalue weighted by molar-refractivity contribution is -0.227. The molecular weight excluding hydrogens is 404 g/mol. The van der Waals surface area contributed by atoms with Crippen LogP contribution >= 0.6 is 11.6 Å². The first-order valence-electron chi connectivity index (χ1n) is 11.5. The van der Waals surface area contributed by atoms with Crippen LogP contribution in [0.15, 0.2) is 0 Å². The van der Waals surface area contributed by atoms with Crippen molar-refractivity contribution in [3.05, 3.63) is 0 Å². The molecule has 2 bridgehead atoms. The van der Waals surface area contributed by atoms with Crippen molar-refractivity contribution in [3.8, 4) is 0 Å². The summed E-state index contributed by atoms with van der Waals surface area (Å²) in [6.07, 6.45) is 3.69. The Morgan fingerprint density at radius 2 is 1.60 bits per heavy atom. The molecule has 0 aliphatic heterocycles. The highest BCUT2D eigenvalue weighted by Gasteiger charge is 2.75. The normalized spacial score (nSPS) is 51.5. The number of hydrogen-bond acceptors (Lipinski definition) is 5. The van der Waals surface area contributed by atoms with Gasteiger partial charge in [0.05, 0.1) is 6.10 Å². The van der Waals surface area contributed by atoms with Crippen LogP contribution in [-0.4, -0.2) is 40.7 Å². The Hall–Kier alpha value is -0.810. The van der Waals surface area contributed by atoms with Crippen LogP contribution in [0, 0.1) is 33.5 Å². The Bertz CT molecular complexity index is 752. The predicted molar refractivity (Wildman–Crippen MR) is 114 cm³/mol. The van der Waals surface area contributed by atoms with Crippen LogP contribution in [-0.2, 0) is 19.1 Å². The van der Waals surface area contributed by atoms with Gasteiger partial charge in [0.15, 0.2) is 0 Å². The molecule has 4 aliphatic rings. The molecule has 0 amide bonds. The van der Waals surface area contributed by atoms with E-state index in [2.05, 4.69) is 27.7 Å². The van der Waals surface area contributed by atoms with Crippen LogP contribution in [0.5, 0.6) is 0 Å². The molecule has 0 heterocycles. The van der Waals surface area contributed by atoms with E-state index in [0.717, 1.165) is 38.5 Å². The Kier molecular flexibility index (Phi) is 5.11. The van der Waals surface area contributed by atoms with Crippen molar-refractivity contribution in [1.29, 1.82) is 0 Å². The highest BCUT2D eigenvalue weighted by atomic mass is 35.5. The highest BCUT2D eigenvalue weighted by molar-refractivity contribution is 6.21. The van der Waals surface area contributed by atoms with Crippen molar-refractivity contribution in [2.75, 3.05) is 0 Å². The van der Waals surface area contributed by atoms with Crippen LogP contribution in [0.4, 0.5) is 0 Å². The van der Waals surface area contributed by atoms with Crippen LogP contribution in [0.1, 0.15) is 80.1 Å². The summed E-state index contributed by atoms with van der Waals surface area (Å²) in [7, 11) is 0. The molecule has 1 spiro atoms. The molecule has 6 heteroatoms. The molecule has 0 aromatic carbocycles. The summed E-state index contributed by atoms with van der Waals surface area (Å²) >= 11 is 7.02. The predicted octanol–water partition coefficient (Wildman–Crippen LogP) is 4.47. The number of ether oxygens (including phenoxy) is 2. The molecule has 0 unspecified atom stereocenters. The zero-order valence-electron chi connectivity index (χ0n) is 19.2. The quantitative estimate of drug-likeness (QED) is 0.506. The minimum atomic E-state index is -0.749. The number of carbonyl (C=O) groups excluding carboxylic acids is 2. The molecule has 0 radical (unpaired) electrons. The largest absolute Gasteiger partial charge is 0.462 e. The van der Waals surface area contributed by atoms with E-state index in [4.69, 9.17) is 21.1 Å². The summed E-state index contributed by atoms with van der Waals surface area (Å²) in [6.45, 7) is 11.9. The van der Waals surface area contributed by atoms with Gasteiger partial charge in [-0.15, -0.1) is 11.6 Å². The second-order valence-electron chi connectivity index (χ2n) is 11.7. The first-order chi connectivity index (χ1) is 13.8. The number of aliphatic hydroxyl groups excluding tert-OH is 1. The maximum absolute atomic E-state index is 12.0. The third-order valence-corrected chi connectivity index (χ3v) is 10.5. The van der Waals surface area contributed by atoms with Gasteiger partial charge in [-0.1, -0.05) is 27.7 Å². The molecule has 0 aromatic heterocycles. The third kappa shape index (κ3) is 2.83. The maximum Gasteiger partial charge on any atom is 0.303 e. The van der Waals surface area contributed by atoms with E-state index >= 15 is 0 Å². The second-order valence-corrected chi connectivity index (χ2v) is 12.3. The van der Waals surface area contributed by atoms with Crippen molar-refractivity contribution in [3.63, 3.8) is 0 Å². The molecule has 4 fully saturated rings. The van der Waals surface area contributed by atoms with E-state index in [1.54, 1.807) is 0 Å². The molecule has 30 heavy (non-hydrogen) atoms. The number of carbonyl (C=O) groups is 2. The molecule has 9 atom stereocenters. The summed E-state index contributed by atoms with van der Waals surface area (Å²) in [5.74, 6) is -0.126. The molecule has 0 aromatic rings. The lowest BCUT2D eigenvalue weighted by Gasteiger charge is -2.66. The van der Waals surface area contributed by atoms with E-state index in [0.29, 0.717) is 5.92 Å². The van der Waals surface area contributed by atoms with Gasteiger partial charge in [0.2, 0.25) is 0 Å². The number of rotatable bonds is 2. The van der Waals surface area contributed by atoms with Gasteiger partial charge < -0.3 is 14.6 Å². The number of alkyl halides is 1. The smallest absolute Gasteiger partial charge is 0.303 e. The van der Waals surface area contributed by atoms with E-state index in [9.17, 15) is 14.7 Å². The fraction of sp³-hybridized carbons (Fsp3) is 0.917. The Morgan fingerprint density at radius 1 is 0.967 bits per heavy atom. The van der Waals surface area contributed by atoms with Crippen molar-refractivity contribution in [1.82, 2.24) is 0 Å². The first kappa shape index (κ1) is 22.4. The fourth-order valence-electron chi connectivity index (χ4n) is 8.59. The molecule has 170 valence electrons. The lowest BCUT2D eigenvalue weighted by Crippen LogP contribution is -2.64. The van der Waals surface area contributed by atoms with E-state index < -0.39 is 17.6 Å². The van der Waals surface area contributed by atoms with Crippen LogP contribution in [0.3, 0.4) is 0 Å². The second kappa shape index (κ2) is 6.84. The molecule has 4 aliphatic carbocycles. The fourth-order valence-corrected chi connectivity index (χ4v) is 8.97. The monoisotopic (exact) mass is 440 g/mol. The van der Waals surface area contributed by atoms with E-state index in [1.165, 1.54) is 13.8 Å². The molecule has 1 N–H and O–H groups in total. The van der Waals surface area contributed by atoms with Crippen LogP contribution in [0.2, 0.25) is 0 Å². The van der Waals surface area contributed by atoms with Gasteiger partial charge in [0.25, 0.3) is 0 Å². The molecule has 4 saturated carbocycles.